The van der Waals surface area contributed by atoms with Crippen LogP contribution in [0.3, 0.4) is 0 Å². The van der Waals surface area contributed by atoms with Gasteiger partial charge in [0.2, 0.25) is 5.75 Å². The van der Waals surface area contributed by atoms with E-state index in [0.29, 0.717) is 5.56 Å². The molecule has 0 spiro atoms. The molecule has 1 heterocycles. The normalized spacial score (nSPS) is 11.3. The zero-order chi connectivity index (χ0) is 19.4. The lowest BCUT2D eigenvalue weighted by Crippen LogP contribution is -2.05. The molecule has 1 aromatic heterocycles. The number of rotatable bonds is 7. The van der Waals surface area contributed by atoms with E-state index in [4.69, 9.17) is 14.2 Å². The number of hydrogen-bond acceptors (Lipinski definition) is 6. The number of benzene rings is 2. The van der Waals surface area contributed by atoms with E-state index >= 15 is 0 Å². The number of methoxy groups -OCH3 is 3. The van der Waals surface area contributed by atoms with E-state index in [9.17, 15) is 8.78 Å². The van der Waals surface area contributed by atoms with Gasteiger partial charge in [-0.1, -0.05) is 6.08 Å². The van der Waals surface area contributed by atoms with Gasteiger partial charge >= 0.3 is 6.61 Å². The molecular formula is C19H17F2NO4S. The minimum absolute atomic E-state index is 0.140. The summed E-state index contributed by atoms with van der Waals surface area (Å²) < 4.78 is 46.3. The zero-order valence-electron chi connectivity index (χ0n) is 14.9. The molecule has 0 saturated heterocycles. The summed E-state index contributed by atoms with van der Waals surface area (Å²) in [5.41, 5.74) is 1.57. The van der Waals surface area contributed by atoms with Gasteiger partial charge in [0.15, 0.2) is 11.5 Å². The van der Waals surface area contributed by atoms with Crippen molar-refractivity contribution in [3.8, 4) is 23.0 Å². The molecule has 0 aliphatic carbocycles. The van der Waals surface area contributed by atoms with Gasteiger partial charge in [0.25, 0.3) is 0 Å². The number of alkyl halides is 2. The Bertz CT molecular complexity index is 946. The molecule has 0 unspecified atom stereocenters. The first kappa shape index (κ1) is 18.9. The van der Waals surface area contributed by atoms with E-state index < -0.39 is 6.61 Å². The standard InChI is InChI=1S/C19H17F2NO4S/c1-23-12-5-6-13-16(10-12)27-17(22-13)7-4-11-8-14(24-2)18(26-19(20)21)15(9-11)25-3/h4-10,19H,1-3H3/b7-4+. The fourth-order valence-electron chi connectivity index (χ4n) is 2.49. The molecular weight excluding hydrogens is 376 g/mol. The Morgan fingerprint density at radius 3 is 2.26 bits per heavy atom. The van der Waals surface area contributed by atoms with Crippen molar-refractivity contribution in [2.75, 3.05) is 21.3 Å². The Hall–Kier alpha value is -2.87. The zero-order valence-corrected chi connectivity index (χ0v) is 15.7. The molecule has 0 radical (unpaired) electrons. The molecule has 3 aromatic rings. The first-order valence-electron chi connectivity index (χ1n) is 7.87. The van der Waals surface area contributed by atoms with Crippen molar-refractivity contribution in [2.45, 2.75) is 6.61 Å². The Balaban J connectivity index is 1.92. The highest BCUT2D eigenvalue weighted by Gasteiger charge is 2.17. The van der Waals surface area contributed by atoms with Crippen molar-refractivity contribution in [3.05, 3.63) is 40.9 Å². The van der Waals surface area contributed by atoms with Gasteiger partial charge in [-0.25, -0.2) is 4.98 Å². The van der Waals surface area contributed by atoms with E-state index in [0.717, 1.165) is 21.0 Å². The predicted octanol–water partition coefficient (Wildman–Crippen LogP) is 5.09. The van der Waals surface area contributed by atoms with Crippen LogP contribution in [0.1, 0.15) is 10.6 Å². The molecule has 3 rings (SSSR count). The molecule has 0 bridgehead atoms. The third-order valence-electron chi connectivity index (χ3n) is 3.72. The molecule has 0 saturated carbocycles. The molecule has 27 heavy (non-hydrogen) atoms. The highest BCUT2D eigenvalue weighted by atomic mass is 32.1. The molecule has 5 nitrogen and oxygen atoms in total. The van der Waals surface area contributed by atoms with E-state index in [1.807, 2.05) is 24.3 Å². The fourth-order valence-corrected chi connectivity index (χ4v) is 3.39. The van der Waals surface area contributed by atoms with E-state index in [1.54, 1.807) is 25.3 Å². The van der Waals surface area contributed by atoms with Gasteiger partial charge < -0.3 is 18.9 Å². The first-order valence-corrected chi connectivity index (χ1v) is 8.69. The quantitative estimate of drug-likeness (QED) is 0.559. The van der Waals surface area contributed by atoms with E-state index in [1.165, 1.54) is 25.6 Å². The highest BCUT2D eigenvalue weighted by molar-refractivity contribution is 7.19. The highest BCUT2D eigenvalue weighted by Crippen LogP contribution is 2.40. The third kappa shape index (κ3) is 4.28. The molecule has 2 aromatic carbocycles. The number of aromatic nitrogens is 1. The summed E-state index contributed by atoms with van der Waals surface area (Å²) in [6, 6.07) is 8.85. The van der Waals surface area contributed by atoms with Crippen LogP contribution in [-0.2, 0) is 0 Å². The summed E-state index contributed by atoms with van der Waals surface area (Å²) in [6.07, 6.45) is 3.63. The fraction of sp³-hybridized carbons (Fsp3) is 0.211. The lowest BCUT2D eigenvalue weighted by molar-refractivity contribution is -0.0526. The van der Waals surface area contributed by atoms with Gasteiger partial charge in [0.1, 0.15) is 10.8 Å². The summed E-state index contributed by atoms with van der Waals surface area (Å²) in [5, 5.41) is 0.795. The van der Waals surface area contributed by atoms with Gasteiger partial charge in [0, 0.05) is 0 Å². The largest absolute Gasteiger partial charge is 0.497 e. The minimum Gasteiger partial charge on any atom is -0.497 e. The van der Waals surface area contributed by atoms with E-state index in [2.05, 4.69) is 9.72 Å². The summed E-state index contributed by atoms with van der Waals surface area (Å²) >= 11 is 1.51. The van der Waals surface area contributed by atoms with Crippen LogP contribution in [0.5, 0.6) is 23.0 Å². The molecule has 8 heteroatoms. The summed E-state index contributed by atoms with van der Waals surface area (Å²) in [5.74, 6) is 0.941. The van der Waals surface area contributed by atoms with Gasteiger partial charge in [-0.15, -0.1) is 11.3 Å². The van der Waals surface area contributed by atoms with Crippen LogP contribution in [-0.4, -0.2) is 32.9 Å². The smallest absolute Gasteiger partial charge is 0.387 e. The number of hydrogen-bond donors (Lipinski definition) is 0. The second-order valence-electron chi connectivity index (χ2n) is 5.35. The molecule has 0 N–H and O–H groups in total. The number of nitrogens with zero attached hydrogens (tertiary/aromatic N) is 1. The second-order valence-corrected chi connectivity index (χ2v) is 6.41. The molecule has 0 atom stereocenters. The number of thiazole rings is 1. The lowest BCUT2D eigenvalue weighted by Gasteiger charge is -2.14. The van der Waals surface area contributed by atoms with Gasteiger partial charge in [-0.3, -0.25) is 0 Å². The van der Waals surface area contributed by atoms with Crippen LogP contribution in [0.2, 0.25) is 0 Å². The Morgan fingerprint density at radius 1 is 0.963 bits per heavy atom. The van der Waals surface area contributed by atoms with Gasteiger partial charge in [-0.2, -0.15) is 8.78 Å². The van der Waals surface area contributed by atoms with Crippen molar-refractivity contribution in [1.29, 1.82) is 0 Å². The Labute approximate surface area is 158 Å². The average Bonchev–Trinajstić information content (AvgIpc) is 3.08. The van der Waals surface area contributed by atoms with Crippen LogP contribution < -0.4 is 18.9 Å². The van der Waals surface area contributed by atoms with Crippen molar-refractivity contribution in [1.82, 2.24) is 4.98 Å². The van der Waals surface area contributed by atoms with Crippen LogP contribution in [0, 0.1) is 0 Å². The summed E-state index contributed by atoms with van der Waals surface area (Å²) in [6.45, 7) is -2.98. The topological polar surface area (TPSA) is 49.8 Å². The maximum Gasteiger partial charge on any atom is 0.387 e. The van der Waals surface area contributed by atoms with Crippen LogP contribution in [0.15, 0.2) is 30.3 Å². The van der Waals surface area contributed by atoms with Crippen molar-refractivity contribution >= 4 is 33.7 Å². The van der Waals surface area contributed by atoms with Gasteiger partial charge in [-0.05, 0) is 42.0 Å². The maximum atomic E-state index is 12.6. The molecule has 0 amide bonds. The first-order chi connectivity index (χ1) is 13.0. The molecule has 0 fully saturated rings. The van der Waals surface area contributed by atoms with E-state index in [-0.39, 0.29) is 17.2 Å². The summed E-state index contributed by atoms with van der Waals surface area (Å²) in [7, 11) is 4.37. The van der Waals surface area contributed by atoms with Crippen molar-refractivity contribution in [3.63, 3.8) is 0 Å². The number of ether oxygens (including phenoxy) is 4. The lowest BCUT2D eigenvalue weighted by atomic mass is 10.1. The monoisotopic (exact) mass is 393 g/mol. The molecule has 142 valence electrons. The second kappa shape index (κ2) is 8.22. The maximum absolute atomic E-state index is 12.6. The molecule has 0 aliphatic heterocycles. The minimum atomic E-state index is -2.98. The third-order valence-corrected chi connectivity index (χ3v) is 4.70. The molecule has 0 aliphatic rings. The van der Waals surface area contributed by atoms with Crippen LogP contribution in [0.25, 0.3) is 22.4 Å². The predicted molar refractivity (Wildman–Crippen MR) is 101 cm³/mol. The Kier molecular flexibility index (Phi) is 5.75. The van der Waals surface area contributed by atoms with Crippen molar-refractivity contribution < 1.29 is 27.7 Å². The number of halogens is 2. The SMILES string of the molecule is COc1ccc2nc(/C=C/c3cc(OC)c(OC(F)F)c(OC)c3)sc2c1. The summed E-state index contributed by atoms with van der Waals surface area (Å²) in [4.78, 5) is 4.54. The van der Waals surface area contributed by atoms with Gasteiger partial charge in [0.05, 0.1) is 31.5 Å². The average molecular weight is 393 g/mol. The van der Waals surface area contributed by atoms with Crippen LogP contribution >= 0.6 is 11.3 Å². The van der Waals surface area contributed by atoms with Crippen molar-refractivity contribution in [2.24, 2.45) is 0 Å². The Morgan fingerprint density at radius 2 is 1.67 bits per heavy atom. The van der Waals surface area contributed by atoms with Crippen LogP contribution in [0.4, 0.5) is 8.78 Å². The number of fused-ring (bicyclic) bond motifs is 1.